The highest BCUT2D eigenvalue weighted by molar-refractivity contribution is 7.66. The molecule has 0 saturated carbocycles. The highest BCUT2D eigenvalue weighted by Crippen LogP contribution is 2.66. The average Bonchev–Trinajstić information content (AvgIpc) is 2.88. The highest BCUT2D eigenvalue weighted by Gasteiger charge is 2.57. The Kier molecular flexibility index (Phi) is 7.44. The van der Waals surface area contributed by atoms with Crippen LogP contribution in [0.5, 0.6) is 0 Å². The number of phosphoric acid groups is 3. The van der Waals surface area contributed by atoms with Crippen molar-refractivity contribution >= 4 is 40.7 Å². The van der Waals surface area contributed by atoms with E-state index in [-0.39, 0.29) is 23.4 Å². The number of carbonyl (C=O) groups is 1. The molecule has 1 aromatic rings. The Morgan fingerprint density at radius 3 is 2.41 bits per heavy atom. The molecule has 2 aliphatic rings. The molecule has 190 valence electrons. The molecular weight excluding hydrogens is 531 g/mol. The molecule has 34 heavy (non-hydrogen) atoms. The maximum Gasteiger partial charge on any atom is 0.490 e. The van der Waals surface area contributed by atoms with Crippen molar-refractivity contribution in [2.75, 3.05) is 6.61 Å². The molecule has 6 atom stereocenters. The van der Waals surface area contributed by atoms with Crippen LogP contribution in [0.4, 0.5) is 5.69 Å². The van der Waals surface area contributed by atoms with Crippen LogP contribution in [0.25, 0.3) is 0 Å². The second-order valence-electron chi connectivity index (χ2n) is 7.08. The van der Waals surface area contributed by atoms with Gasteiger partial charge in [-0.1, -0.05) is 0 Å². The average molecular weight is 549 g/mol. The fraction of sp³-hybridized carbons (Fsp3) is 0.538. The lowest BCUT2D eigenvalue weighted by atomic mass is 9.95. The van der Waals surface area contributed by atoms with E-state index in [1.165, 1.54) is 6.92 Å². The fourth-order valence-corrected chi connectivity index (χ4v) is 6.15. The van der Waals surface area contributed by atoms with Crippen molar-refractivity contribution in [3.05, 3.63) is 17.5 Å². The van der Waals surface area contributed by atoms with Crippen LogP contribution >= 0.6 is 23.5 Å². The lowest BCUT2D eigenvalue weighted by Gasteiger charge is -2.28. The predicted octanol–water partition coefficient (Wildman–Crippen LogP) is -1.24. The normalized spacial score (nSPS) is 30.9. The Bertz CT molecular complexity index is 1170. The molecule has 21 heteroatoms. The van der Waals surface area contributed by atoms with Crippen LogP contribution in [0.15, 0.2) is 11.2 Å². The third-order valence-corrected chi connectivity index (χ3v) is 8.25. The van der Waals surface area contributed by atoms with Crippen LogP contribution in [0.3, 0.4) is 0 Å². The van der Waals surface area contributed by atoms with E-state index in [1.54, 1.807) is 0 Å². The van der Waals surface area contributed by atoms with Crippen LogP contribution in [0, 0.1) is 0 Å². The van der Waals surface area contributed by atoms with E-state index in [4.69, 9.17) is 19.4 Å². The minimum Gasteiger partial charge on any atom is -0.387 e. The molecule has 1 aromatic heterocycles. The molecule has 7 N–H and O–H groups in total. The first-order valence-corrected chi connectivity index (χ1v) is 13.4. The van der Waals surface area contributed by atoms with Crippen molar-refractivity contribution in [2.45, 2.75) is 37.4 Å². The van der Waals surface area contributed by atoms with Gasteiger partial charge in [0.1, 0.15) is 24.0 Å². The number of Topliss-reactive ketones (excluding diaryl/α,β-unsaturated/α-hetero) is 1. The number of aliphatic hydroxyl groups excluding tert-OH is 2. The molecular formula is C13H18N3O15P3. The van der Waals surface area contributed by atoms with Gasteiger partial charge in [0, 0.05) is 5.71 Å². The first-order valence-electron chi connectivity index (χ1n) is 8.92. The first-order chi connectivity index (χ1) is 15.4. The van der Waals surface area contributed by atoms with Crippen LogP contribution < -0.4 is 0 Å². The van der Waals surface area contributed by atoms with Gasteiger partial charge in [0.25, 0.3) is 0 Å². The Morgan fingerprint density at radius 1 is 1.15 bits per heavy atom. The van der Waals surface area contributed by atoms with Gasteiger partial charge in [-0.3, -0.25) is 14.3 Å². The molecule has 2 aliphatic heterocycles. The number of aliphatic imine (C=N–C) groups is 1. The summed E-state index contributed by atoms with van der Waals surface area (Å²) in [5.74, 6) is -3.25. The van der Waals surface area contributed by atoms with E-state index >= 15 is 0 Å². The molecule has 1 fully saturated rings. The third-order valence-electron chi connectivity index (χ3n) is 4.45. The van der Waals surface area contributed by atoms with E-state index in [1.807, 2.05) is 0 Å². The molecule has 3 rings (SSSR count). The van der Waals surface area contributed by atoms with Gasteiger partial charge in [0.2, 0.25) is 5.79 Å². The minimum atomic E-state index is -5.79. The van der Waals surface area contributed by atoms with Gasteiger partial charge in [-0.15, -0.1) is 5.10 Å². The van der Waals surface area contributed by atoms with Crippen LogP contribution in [0.1, 0.15) is 29.4 Å². The summed E-state index contributed by atoms with van der Waals surface area (Å²) in [6.45, 7) is 0.355. The molecule has 0 spiro atoms. The molecule has 0 aromatic carbocycles. The van der Waals surface area contributed by atoms with Gasteiger partial charge in [0.05, 0.1) is 24.8 Å². The summed E-state index contributed by atoms with van der Waals surface area (Å²) in [5.41, 5.74) is -0.450. The number of ether oxygens (including phenoxy) is 1. The van der Waals surface area contributed by atoms with Crippen LogP contribution in [-0.2, 0) is 37.4 Å². The Balaban J connectivity index is 1.79. The number of nitrogens with zero attached hydrogens (tertiary/aromatic N) is 3. The summed E-state index contributed by atoms with van der Waals surface area (Å²) in [5, 5.41) is 38.8. The monoisotopic (exact) mass is 549 g/mol. The van der Waals surface area contributed by atoms with Crippen molar-refractivity contribution in [2.24, 2.45) is 4.99 Å². The zero-order chi connectivity index (χ0) is 25.7. The first kappa shape index (κ1) is 27.3. The zero-order valence-corrected chi connectivity index (χ0v) is 19.5. The number of ketones is 1. The smallest absolute Gasteiger partial charge is 0.387 e. The standard InChI is InChI=1S/C13H18N3O15P3/c1-5-2-7(17)10-9(15-5)6(3-14-16-10)13(20)12(19)11(18)8(29-13)4-28-33(24,25)31-34(26,27)30-32(21,22)23/h3,8,11-12,18-20H,2,4H2,1H3,(H,24,25)(H,26,27)(H2,21,22,23)/t8-,11-,12-,13+/m1/s1. The molecule has 3 heterocycles. The highest BCUT2D eigenvalue weighted by atomic mass is 31.3. The molecule has 0 aliphatic carbocycles. The molecule has 0 radical (unpaired) electrons. The Morgan fingerprint density at radius 2 is 1.79 bits per heavy atom. The summed E-state index contributed by atoms with van der Waals surface area (Å²) in [6.07, 6.45) is -5.07. The van der Waals surface area contributed by atoms with Gasteiger partial charge in [0.15, 0.2) is 11.5 Å². The third kappa shape index (κ3) is 5.90. The molecule has 18 nitrogen and oxygen atoms in total. The largest absolute Gasteiger partial charge is 0.490 e. The Labute approximate surface area is 189 Å². The lowest BCUT2D eigenvalue weighted by Crippen LogP contribution is -2.41. The number of carbonyl (C=O) groups excluding carboxylic acids is 1. The van der Waals surface area contributed by atoms with Gasteiger partial charge in [-0.05, 0) is 6.92 Å². The fourth-order valence-electron chi connectivity index (χ4n) is 3.12. The van der Waals surface area contributed by atoms with Crippen LogP contribution in [-0.4, -0.2) is 81.5 Å². The predicted molar refractivity (Wildman–Crippen MR) is 104 cm³/mol. The quantitative estimate of drug-likeness (QED) is 0.187. The second-order valence-corrected chi connectivity index (χ2v) is 11.5. The lowest BCUT2D eigenvalue weighted by molar-refractivity contribution is -0.239. The van der Waals surface area contributed by atoms with Gasteiger partial charge < -0.3 is 39.6 Å². The van der Waals surface area contributed by atoms with Crippen LogP contribution in [0.2, 0.25) is 0 Å². The number of fused-ring (bicyclic) bond motifs is 1. The maximum atomic E-state index is 12.2. The van der Waals surface area contributed by atoms with E-state index < -0.39 is 60.0 Å². The second kappa shape index (κ2) is 9.28. The summed E-state index contributed by atoms with van der Waals surface area (Å²) in [4.78, 5) is 52.0. The van der Waals surface area contributed by atoms with Gasteiger partial charge in [-0.25, -0.2) is 13.7 Å². The summed E-state index contributed by atoms with van der Waals surface area (Å²) in [7, 11) is -17.0. The summed E-state index contributed by atoms with van der Waals surface area (Å²) in [6, 6.07) is 0. The Hall–Kier alpha value is -1.33. The SMILES string of the molecule is CC1=Nc2c([C@]3(O)O[C@H](COP(=O)(O)OP(=O)(O)OP(=O)(O)O)[C@@H](O)[C@H]3O)cnnc2C(=O)C1. The summed E-state index contributed by atoms with van der Waals surface area (Å²) < 4.78 is 50.6. The number of phosphoric ester groups is 1. The van der Waals surface area contributed by atoms with Gasteiger partial charge >= 0.3 is 23.5 Å². The molecule has 0 bridgehead atoms. The number of aromatic nitrogens is 2. The minimum absolute atomic E-state index is 0.0711. The zero-order valence-electron chi connectivity index (χ0n) is 16.8. The van der Waals surface area contributed by atoms with Gasteiger partial charge in [-0.2, -0.15) is 13.7 Å². The van der Waals surface area contributed by atoms with E-state index in [0.29, 0.717) is 5.71 Å². The van der Waals surface area contributed by atoms with E-state index in [2.05, 4.69) is 28.3 Å². The summed E-state index contributed by atoms with van der Waals surface area (Å²) >= 11 is 0. The topological polar surface area (TPSA) is 285 Å². The van der Waals surface area contributed by atoms with Crippen molar-refractivity contribution in [3.63, 3.8) is 0 Å². The van der Waals surface area contributed by atoms with Crippen molar-refractivity contribution < 1.29 is 71.3 Å². The molecule has 2 unspecified atom stereocenters. The van der Waals surface area contributed by atoms with Crippen molar-refractivity contribution in [3.8, 4) is 0 Å². The van der Waals surface area contributed by atoms with Crippen molar-refractivity contribution in [1.29, 1.82) is 0 Å². The van der Waals surface area contributed by atoms with E-state index in [9.17, 15) is 38.7 Å². The van der Waals surface area contributed by atoms with E-state index in [0.717, 1.165) is 6.20 Å². The molecule has 0 amide bonds. The molecule has 1 saturated heterocycles. The van der Waals surface area contributed by atoms with Crippen molar-refractivity contribution in [1.82, 2.24) is 10.2 Å². The number of hydrogen-bond acceptors (Lipinski definition) is 14. The number of aliphatic hydroxyl groups is 3. The number of hydrogen-bond donors (Lipinski definition) is 7. The number of rotatable bonds is 8. The maximum absolute atomic E-state index is 12.2.